The molecule has 1 atom stereocenters. The molecule has 1 aromatic heterocycles. The molecule has 0 bridgehead atoms. The second-order valence-corrected chi connectivity index (χ2v) is 8.62. The summed E-state index contributed by atoms with van der Waals surface area (Å²) in [5.41, 5.74) is 3.35. The van der Waals surface area contributed by atoms with Crippen molar-refractivity contribution in [2.75, 3.05) is 32.8 Å². The standard InChI is InChI=1S/C25H24ClFN4O/c26-21-15-18(27)7-9-19(21)24-20(8-6-17-4-5-17)23(16-31-11-13-32-14-12-31)29-25(30-24)22-3-1-2-10-28-22/h1-3,7,9-10,15,17,24H,4-5,11-14,16H2,(H,29,30)/t24-/m1/s1. The van der Waals surface area contributed by atoms with E-state index in [0.717, 1.165) is 48.5 Å². The van der Waals surface area contributed by atoms with Gasteiger partial charge in [0.15, 0.2) is 5.84 Å². The second kappa shape index (κ2) is 9.41. The van der Waals surface area contributed by atoms with Crippen molar-refractivity contribution >= 4 is 17.4 Å². The summed E-state index contributed by atoms with van der Waals surface area (Å²) in [6, 6.07) is 9.76. The minimum absolute atomic E-state index is 0.345. The molecule has 1 saturated carbocycles. The van der Waals surface area contributed by atoms with Gasteiger partial charge in [0.25, 0.3) is 0 Å². The van der Waals surface area contributed by atoms with Crippen LogP contribution >= 0.6 is 11.6 Å². The first-order valence-electron chi connectivity index (χ1n) is 10.9. The number of rotatable bonds is 4. The molecule has 2 fully saturated rings. The third kappa shape index (κ3) is 4.86. The third-order valence-corrected chi connectivity index (χ3v) is 6.09. The van der Waals surface area contributed by atoms with Gasteiger partial charge in [-0.05, 0) is 37.1 Å². The molecule has 32 heavy (non-hydrogen) atoms. The Bertz CT molecular complexity index is 1110. The van der Waals surface area contributed by atoms with E-state index >= 15 is 0 Å². The average molecular weight is 451 g/mol. The van der Waals surface area contributed by atoms with Crippen LogP contribution in [0.25, 0.3) is 0 Å². The van der Waals surface area contributed by atoms with Crippen molar-refractivity contribution in [3.8, 4) is 11.8 Å². The number of halogens is 2. The van der Waals surface area contributed by atoms with Gasteiger partial charge in [0.1, 0.15) is 17.6 Å². The minimum atomic E-state index is -0.427. The van der Waals surface area contributed by atoms with Crippen LogP contribution in [0.3, 0.4) is 0 Å². The van der Waals surface area contributed by atoms with Crippen molar-refractivity contribution in [1.29, 1.82) is 0 Å². The van der Waals surface area contributed by atoms with Crippen LogP contribution in [0.15, 0.2) is 58.9 Å². The molecule has 2 aromatic rings. The van der Waals surface area contributed by atoms with E-state index < -0.39 is 6.04 Å². The molecule has 1 aliphatic carbocycles. The van der Waals surface area contributed by atoms with Crippen LogP contribution in [-0.2, 0) is 4.74 Å². The normalized spacial score (nSPS) is 21.4. The van der Waals surface area contributed by atoms with Gasteiger partial charge in [0.2, 0.25) is 0 Å². The highest BCUT2D eigenvalue weighted by atomic mass is 35.5. The molecule has 5 nitrogen and oxygen atoms in total. The Morgan fingerprint density at radius 1 is 1.19 bits per heavy atom. The average Bonchev–Trinajstić information content (AvgIpc) is 3.64. The maximum absolute atomic E-state index is 13.8. The van der Waals surface area contributed by atoms with Crippen LogP contribution in [0.2, 0.25) is 5.02 Å². The number of hydrogen-bond donors (Lipinski definition) is 1. The van der Waals surface area contributed by atoms with Crippen LogP contribution < -0.4 is 5.32 Å². The van der Waals surface area contributed by atoms with Crippen molar-refractivity contribution in [3.05, 3.63) is 76.0 Å². The van der Waals surface area contributed by atoms with E-state index in [0.29, 0.717) is 36.5 Å². The molecule has 3 heterocycles. The molecule has 0 radical (unpaired) electrons. The number of amidine groups is 1. The number of aromatic nitrogens is 1. The van der Waals surface area contributed by atoms with E-state index in [2.05, 4.69) is 27.0 Å². The maximum Gasteiger partial charge on any atom is 0.152 e. The molecule has 5 rings (SSSR count). The number of benzene rings is 1. The summed E-state index contributed by atoms with van der Waals surface area (Å²) < 4.78 is 19.3. The topological polar surface area (TPSA) is 49.8 Å². The lowest BCUT2D eigenvalue weighted by molar-refractivity contribution is 0.0417. The predicted octanol–water partition coefficient (Wildman–Crippen LogP) is 3.96. The fourth-order valence-corrected chi connectivity index (χ4v) is 4.11. The summed E-state index contributed by atoms with van der Waals surface area (Å²) in [5, 5.41) is 3.85. The summed E-state index contributed by atoms with van der Waals surface area (Å²) in [5.74, 6) is 7.54. The minimum Gasteiger partial charge on any atom is -0.379 e. The lowest BCUT2D eigenvalue weighted by Gasteiger charge is -2.32. The summed E-state index contributed by atoms with van der Waals surface area (Å²) in [7, 11) is 0. The molecule has 2 aliphatic heterocycles. The summed E-state index contributed by atoms with van der Waals surface area (Å²) in [4.78, 5) is 11.8. The first-order chi connectivity index (χ1) is 15.7. The highest BCUT2D eigenvalue weighted by Crippen LogP contribution is 2.36. The van der Waals surface area contributed by atoms with Crippen LogP contribution in [0, 0.1) is 23.6 Å². The molecule has 0 amide bonds. The van der Waals surface area contributed by atoms with Crippen molar-refractivity contribution in [1.82, 2.24) is 15.2 Å². The largest absolute Gasteiger partial charge is 0.379 e. The smallest absolute Gasteiger partial charge is 0.152 e. The van der Waals surface area contributed by atoms with Crippen molar-refractivity contribution in [2.45, 2.75) is 18.9 Å². The zero-order valence-electron chi connectivity index (χ0n) is 17.7. The van der Waals surface area contributed by atoms with E-state index in [1.54, 1.807) is 12.3 Å². The van der Waals surface area contributed by atoms with Gasteiger partial charge >= 0.3 is 0 Å². The van der Waals surface area contributed by atoms with Crippen LogP contribution in [0.5, 0.6) is 0 Å². The van der Waals surface area contributed by atoms with Gasteiger partial charge in [-0.15, -0.1) is 0 Å². The van der Waals surface area contributed by atoms with Crippen LogP contribution in [0.4, 0.5) is 4.39 Å². The number of hydrogen-bond acceptors (Lipinski definition) is 5. The first kappa shape index (κ1) is 21.1. The molecule has 1 N–H and O–H groups in total. The van der Waals surface area contributed by atoms with Gasteiger partial charge in [-0.1, -0.05) is 35.6 Å². The number of pyridine rings is 1. The molecule has 0 spiro atoms. The van der Waals surface area contributed by atoms with Crippen molar-refractivity contribution in [2.24, 2.45) is 10.9 Å². The van der Waals surface area contributed by atoms with Crippen molar-refractivity contribution in [3.63, 3.8) is 0 Å². The van der Waals surface area contributed by atoms with E-state index in [1.807, 2.05) is 18.2 Å². The zero-order chi connectivity index (χ0) is 21.9. The summed E-state index contributed by atoms with van der Waals surface area (Å²) in [6.45, 7) is 3.83. The fourth-order valence-electron chi connectivity index (χ4n) is 3.84. The molecule has 1 aromatic carbocycles. The highest BCUT2D eigenvalue weighted by molar-refractivity contribution is 6.31. The first-order valence-corrected chi connectivity index (χ1v) is 11.3. The lowest BCUT2D eigenvalue weighted by atomic mass is 9.95. The Labute approximate surface area is 192 Å². The number of aliphatic imine (C=N–C) groups is 1. The van der Waals surface area contributed by atoms with Gasteiger partial charge in [0, 0.05) is 48.0 Å². The van der Waals surface area contributed by atoms with Gasteiger partial charge < -0.3 is 10.1 Å². The molecule has 1 saturated heterocycles. The second-order valence-electron chi connectivity index (χ2n) is 8.21. The number of ether oxygens (including phenoxy) is 1. The fraction of sp³-hybridized carbons (Fsp3) is 0.360. The Morgan fingerprint density at radius 3 is 2.75 bits per heavy atom. The molecular formula is C25H24ClFN4O. The van der Waals surface area contributed by atoms with E-state index in [4.69, 9.17) is 21.3 Å². The van der Waals surface area contributed by atoms with Gasteiger partial charge in [-0.3, -0.25) is 14.9 Å². The van der Waals surface area contributed by atoms with E-state index in [1.165, 1.54) is 12.1 Å². The Morgan fingerprint density at radius 2 is 2.03 bits per heavy atom. The summed E-state index contributed by atoms with van der Waals surface area (Å²) in [6.07, 6.45) is 4.01. The third-order valence-electron chi connectivity index (χ3n) is 5.76. The Hall–Kier alpha value is -2.72. The van der Waals surface area contributed by atoms with E-state index in [-0.39, 0.29) is 5.82 Å². The molecule has 164 valence electrons. The molecular weight excluding hydrogens is 427 g/mol. The van der Waals surface area contributed by atoms with E-state index in [9.17, 15) is 4.39 Å². The summed E-state index contributed by atoms with van der Waals surface area (Å²) >= 11 is 6.49. The monoisotopic (exact) mass is 450 g/mol. The maximum atomic E-state index is 13.8. The molecule has 0 unspecified atom stereocenters. The molecule has 7 heteroatoms. The molecule has 3 aliphatic rings. The quantitative estimate of drug-likeness (QED) is 0.716. The zero-order valence-corrected chi connectivity index (χ0v) is 18.4. The lowest BCUT2D eigenvalue weighted by Crippen LogP contribution is -2.42. The SMILES string of the molecule is Fc1ccc([C@H]2N=C(c3ccccn3)NC(CN3CCOCC3)=C2C#CC2CC2)c(Cl)c1. The number of nitrogens with zero attached hydrogens (tertiary/aromatic N) is 3. The highest BCUT2D eigenvalue weighted by Gasteiger charge is 2.29. The Balaban J connectivity index is 1.60. The van der Waals surface area contributed by atoms with Gasteiger partial charge in [0.05, 0.1) is 18.8 Å². The van der Waals surface area contributed by atoms with Gasteiger partial charge in [-0.2, -0.15) is 0 Å². The van der Waals surface area contributed by atoms with Crippen LogP contribution in [-0.4, -0.2) is 48.6 Å². The number of nitrogens with one attached hydrogen (secondary N) is 1. The van der Waals surface area contributed by atoms with Crippen molar-refractivity contribution < 1.29 is 9.13 Å². The Kier molecular flexibility index (Phi) is 6.22. The number of morpholine rings is 1. The predicted molar refractivity (Wildman–Crippen MR) is 123 cm³/mol. The van der Waals surface area contributed by atoms with Gasteiger partial charge in [-0.25, -0.2) is 4.39 Å². The van der Waals surface area contributed by atoms with Crippen LogP contribution in [0.1, 0.15) is 30.1 Å².